The molecule has 1 rings (SSSR count). The van der Waals surface area contributed by atoms with Gasteiger partial charge in [0, 0.05) is 24.7 Å². The van der Waals surface area contributed by atoms with Crippen LogP contribution in [0.3, 0.4) is 0 Å². The molecule has 0 fully saturated rings. The molecule has 0 heterocycles. The van der Waals surface area contributed by atoms with Crippen LogP contribution >= 0.6 is 0 Å². The Kier molecular flexibility index (Phi) is 5.35. The lowest BCUT2D eigenvalue weighted by molar-refractivity contribution is -0.114. The van der Waals surface area contributed by atoms with Gasteiger partial charge in [-0.2, -0.15) is 0 Å². The van der Waals surface area contributed by atoms with Crippen LogP contribution in [0.5, 0.6) is 0 Å². The smallest absolute Gasteiger partial charge is 0.221 e. The molecule has 2 N–H and O–H groups in total. The van der Waals surface area contributed by atoms with Crippen molar-refractivity contribution in [2.75, 3.05) is 5.32 Å². The zero-order valence-corrected chi connectivity index (χ0v) is 11.8. The van der Waals surface area contributed by atoms with Gasteiger partial charge in [-0.3, -0.25) is 4.79 Å². The Balaban J connectivity index is 2.69. The number of para-hydroxylation sites is 1. The van der Waals surface area contributed by atoms with E-state index in [9.17, 15) is 4.79 Å². The van der Waals surface area contributed by atoms with E-state index in [1.807, 2.05) is 24.3 Å². The maximum Gasteiger partial charge on any atom is 0.221 e. The highest BCUT2D eigenvalue weighted by Gasteiger charge is 2.15. The largest absolute Gasteiger partial charge is 0.326 e. The van der Waals surface area contributed by atoms with Crippen LogP contribution in [-0.2, 0) is 11.3 Å². The van der Waals surface area contributed by atoms with Crippen LogP contribution in [0.1, 0.15) is 46.1 Å². The standard InChI is InChI=1S/C15H24N2O/c1-5-10-15(3,4)16-11-13-8-6-7-9-14(13)17-12(2)18/h6-9,16H,5,10-11H2,1-4H3,(H,17,18). The molecule has 0 aliphatic rings. The molecule has 3 heteroatoms. The minimum atomic E-state index is -0.0322. The first-order valence-electron chi connectivity index (χ1n) is 6.55. The number of hydrogen-bond donors (Lipinski definition) is 2. The zero-order valence-electron chi connectivity index (χ0n) is 11.8. The fraction of sp³-hybridized carbons (Fsp3) is 0.533. The second-order valence-electron chi connectivity index (χ2n) is 5.33. The van der Waals surface area contributed by atoms with E-state index in [1.54, 1.807) is 0 Å². The van der Waals surface area contributed by atoms with Gasteiger partial charge in [-0.1, -0.05) is 31.5 Å². The molecule has 0 aliphatic heterocycles. The lowest BCUT2D eigenvalue weighted by Gasteiger charge is -2.26. The van der Waals surface area contributed by atoms with Crippen LogP contribution in [0.15, 0.2) is 24.3 Å². The van der Waals surface area contributed by atoms with Gasteiger partial charge in [0.05, 0.1) is 0 Å². The van der Waals surface area contributed by atoms with E-state index >= 15 is 0 Å². The summed E-state index contributed by atoms with van der Waals surface area (Å²) in [6.45, 7) is 8.90. The van der Waals surface area contributed by atoms with E-state index in [1.165, 1.54) is 6.92 Å². The molecule has 0 aromatic heterocycles. The van der Waals surface area contributed by atoms with E-state index in [0.29, 0.717) is 0 Å². The fourth-order valence-electron chi connectivity index (χ4n) is 2.03. The number of benzene rings is 1. The molecule has 1 aromatic rings. The summed E-state index contributed by atoms with van der Waals surface area (Å²) >= 11 is 0. The van der Waals surface area contributed by atoms with Crippen molar-refractivity contribution in [3.8, 4) is 0 Å². The van der Waals surface area contributed by atoms with Crippen molar-refractivity contribution < 1.29 is 4.79 Å². The SMILES string of the molecule is CCCC(C)(C)NCc1ccccc1NC(C)=O. The maximum absolute atomic E-state index is 11.1. The minimum absolute atomic E-state index is 0.0322. The van der Waals surface area contributed by atoms with Crippen molar-refractivity contribution in [2.24, 2.45) is 0 Å². The van der Waals surface area contributed by atoms with Crippen molar-refractivity contribution in [3.63, 3.8) is 0 Å². The van der Waals surface area contributed by atoms with Gasteiger partial charge in [0.15, 0.2) is 0 Å². The number of hydrogen-bond acceptors (Lipinski definition) is 2. The summed E-state index contributed by atoms with van der Waals surface area (Å²) in [5.74, 6) is -0.0322. The van der Waals surface area contributed by atoms with Crippen LogP contribution in [-0.4, -0.2) is 11.4 Å². The maximum atomic E-state index is 11.1. The number of nitrogens with one attached hydrogen (secondary N) is 2. The molecule has 100 valence electrons. The number of carbonyl (C=O) groups is 1. The predicted molar refractivity (Wildman–Crippen MR) is 76.6 cm³/mol. The van der Waals surface area contributed by atoms with Crippen LogP contribution in [0.2, 0.25) is 0 Å². The van der Waals surface area contributed by atoms with Crippen LogP contribution in [0.25, 0.3) is 0 Å². The van der Waals surface area contributed by atoms with Crippen molar-refractivity contribution in [3.05, 3.63) is 29.8 Å². The third kappa shape index (κ3) is 4.88. The Morgan fingerprint density at radius 1 is 1.28 bits per heavy atom. The molecular weight excluding hydrogens is 224 g/mol. The first-order valence-corrected chi connectivity index (χ1v) is 6.55. The highest BCUT2D eigenvalue weighted by Crippen LogP contribution is 2.17. The monoisotopic (exact) mass is 248 g/mol. The molecular formula is C15H24N2O. The topological polar surface area (TPSA) is 41.1 Å². The number of amides is 1. The van der Waals surface area contributed by atoms with E-state index in [4.69, 9.17) is 0 Å². The Labute approximate surface area is 110 Å². The van der Waals surface area contributed by atoms with Crippen molar-refractivity contribution in [1.82, 2.24) is 5.32 Å². The second-order valence-corrected chi connectivity index (χ2v) is 5.33. The van der Waals surface area contributed by atoms with Gasteiger partial charge in [-0.25, -0.2) is 0 Å². The molecule has 0 spiro atoms. The van der Waals surface area contributed by atoms with E-state index in [0.717, 1.165) is 30.6 Å². The first-order chi connectivity index (χ1) is 8.44. The number of carbonyl (C=O) groups excluding carboxylic acids is 1. The van der Waals surface area contributed by atoms with Crippen LogP contribution < -0.4 is 10.6 Å². The van der Waals surface area contributed by atoms with Crippen molar-refractivity contribution in [2.45, 2.75) is 52.6 Å². The average Bonchev–Trinajstić information content (AvgIpc) is 2.27. The van der Waals surface area contributed by atoms with Gasteiger partial charge in [-0.15, -0.1) is 0 Å². The summed E-state index contributed by atoms with van der Waals surface area (Å²) < 4.78 is 0. The fourth-order valence-corrected chi connectivity index (χ4v) is 2.03. The van der Waals surface area contributed by atoms with Gasteiger partial charge < -0.3 is 10.6 Å². The second kappa shape index (κ2) is 6.55. The predicted octanol–water partition coefficient (Wildman–Crippen LogP) is 3.31. The van der Waals surface area contributed by atoms with Gasteiger partial charge in [0.25, 0.3) is 0 Å². The molecule has 18 heavy (non-hydrogen) atoms. The number of rotatable bonds is 6. The Bertz CT molecular complexity index is 399. The van der Waals surface area contributed by atoms with E-state index in [-0.39, 0.29) is 11.4 Å². The average molecular weight is 248 g/mol. The lowest BCUT2D eigenvalue weighted by Crippen LogP contribution is -2.38. The first kappa shape index (κ1) is 14.7. The molecule has 0 saturated carbocycles. The summed E-state index contributed by atoms with van der Waals surface area (Å²) in [6.07, 6.45) is 2.29. The molecule has 1 aromatic carbocycles. The molecule has 0 radical (unpaired) electrons. The van der Waals surface area contributed by atoms with Crippen LogP contribution in [0, 0.1) is 0 Å². The molecule has 3 nitrogen and oxygen atoms in total. The summed E-state index contributed by atoms with van der Waals surface area (Å²) in [6, 6.07) is 7.91. The van der Waals surface area contributed by atoms with Gasteiger partial charge in [0.2, 0.25) is 5.91 Å². The zero-order chi connectivity index (χ0) is 13.6. The molecule has 0 bridgehead atoms. The molecule has 1 amide bonds. The summed E-state index contributed by atoms with van der Waals surface area (Å²) in [7, 11) is 0. The molecule has 0 aliphatic carbocycles. The quantitative estimate of drug-likeness (QED) is 0.811. The van der Waals surface area contributed by atoms with Crippen molar-refractivity contribution in [1.29, 1.82) is 0 Å². The number of anilines is 1. The highest BCUT2D eigenvalue weighted by atomic mass is 16.1. The van der Waals surface area contributed by atoms with Gasteiger partial charge >= 0.3 is 0 Å². The van der Waals surface area contributed by atoms with Crippen molar-refractivity contribution >= 4 is 11.6 Å². The lowest BCUT2D eigenvalue weighted by atomic mass is 9.98. The third-order valence-electron chi connectivity index (χ3n) is 2.96. The van der Waals surface area contributed by atoms with Gasteiger partial charge in [-0.05, 0) is 31.9 Å². The highest BCUT2D eigenvalue weighted by molar-refractivity contribution is 5.89. The van der Waals surface area contributed by atoms with Gasteiger partial charge in [0.1, 0.15) is 0 Å². The molecule has 0 unspecified atom stereocenters. The van der Waals surface area contributed by atoms with E-state index in [2.05, 4.69) is 31.4 Å². The minimum Gasteiger partial charge on any atom is -0.326 e. The summed E-state index contributed by atoms with van der Waals surface area (Å²) in [5.41, 5.74) is 2.14. The summed E-state index contributed by atoms with van der Waals surface area (Å²) in [4.78, 5) is 11.1. The molecule has 0 atom stereocenters. The Morgan fingerprint density at radius 3 is 2.56 bits per heavy atom. The normalized spacial score (nSPS) is 11.3. The summed E-state index contributed by atoms with van der Waals surface area (Å²) in [5, 5.41) is 6.40. The van der Waals surface area contributed by atoms with E-state index < -0.39 is 0 Å². The van der Waals surface area contributed by atoms with Crippen LogP contribution in [0.4, 0.5) is 5.69 Å². The molecule has 0 saturated heterocycles. The Hall–Kier alpha value is -1.35. The Morgan fingerprint density at radius 2 is 1.94 bits per heavy atom. The third-order valence-corrected chi connectivity index (χ3v) is 2.96.